The highest BCUT2D eigenvalue weighted by atomic mass is 35.5. The number of benzene rings is 2. The van der Waals surface area contributed by atoms with Gasteiger partial charge in [0, 0.05) is 5.56 Å². The molecule has 2 aromatic rings. The van der Waals surface area contributed by atoms with Crippen LogP contribution in [0.4, 0.5) is 13.2 Å². The van der Waals surface area contributed by atoms with Crippen molar-refractivity contribution in [3.63, 3.8) is 0 Å². The van der Waals surface area contributed by atoms with E-state index < -0.39 is 23.3 Å². The summed E-state index contributed by atoms with van der Waals surface area (Å²) < 4.78 is 42.8. The van der Waals surface area contributed by atoms with Crippen molar-refractivity contribution in [3.05, 3.63) is 58.5 Å². The summed E-state index contributed by atoms with van der Waals surface area (Å²) in [5, 5.41) is 0.827. The second-order valence-corrected chi connectivity index (χ2v) is 7.14. The molecule has 0 atom stereocenters. The van der Waals surface area contributed by atoms with Crippen molar-refractivity contribution in [1.82, 2.24) is 0 Å². The van der Waals surface area contributed by atoms with Gasteiger partial charge >= 0.3 is 6.18 Å². The van der Waals surface area contributed by atoms with Crippen molar-refractivity contribution in [1.29, 1.82) is 0 Å². The minimum atomic E-state index is -5.20. The molecule has 0 aliphatic carbocycles. The zero-order chi connectivity index (χ0) is 18.2. The molecule has 1 aliphatic rings. The highest BCUT2D eigenvalue weighted by Crippen LogP contribution is 2.44. The molecule has 0 amide bonds. The number of carbonyl (C=O) groups excluding carboxylic acids is 2. The lowest BCUT2D eigenvalue weighted by Gasteiger charge is -2.12. The first-order valence-corrected chi connectivity index (χ1v) is 9.25. The molecule has 25 heavy (non-hydrogen) atoms. The zero-order valence-electron chi connectivity index (χ0n) is 12.1. The van der Waals surface area contributed by atoms with E-state index in [0.29, 0.717) is 10.8 Å². The van der Waals surface area contributed by atoms with Crippen LogP contribution in [0, 0.1) is 0 Å². The number of rotatable bonds is 3. The highest BCUT2D eigenvalue weighted by Gasteiger charge is 2.45. The molecular formula is C16H7ClF3NO2S2. The van der Waals surface area contributed by atoms with E-state index in [-0.39, 0.29) is 15.6 Å². The van der Waals surface area contributed by atoms with Crippen molar-refractivity contribution < 1.29 is 22.8 Å². The number of nitrogens with zero attached hydrogens (tertiary/aromatic N) is 1. The maximum absolute atomic E-state index is 13.0. The van der Waals surface area contributed by atoms with E-state index >= 15 is 0 Å². The predicted octanol–water partition coefficient (Wildman–Crippen LogP) is 5.36. The molecule has 0 N–H and O–H groups in total. The van der Waals surface area contributed by atoms with Gasteiger partial charge in [0.25, 0.3) is 5.78 Å². The van der Waals surface area contributed by atoms with Crippen LogP contribution in [0.3, 0.4) is 0 Å². The molecule has 0 fully saturated rings. The number of Topliss-reactive ketones (excluding diaryl/α,β-unsaturated/α-hetero) is 2. The number of hydrogen-bond acceptors (Lipinski definition) is 5. The van der Waals surface area contributed by atoms with Crippen molar-refractivity contribution >= 4 is 60.9 Å². The van der Waals surface area contributed by atoms with Gasteiger partial charge in [-0.3, -0.25) is 9.59 Å². The van der Waals surface area contributed by atoms with Gasteiger partial charge in [-0.1, -0.05) is 54.1 Å². The van der Waals surface area contributed by atoms with E-state index in [0.717, 1.165) is 21.8 Å². The Balaban J connectivity index is 2.22. The van der Waals surface area contributed by atoms with Gasteiger partial charge in [0.15, 0.2) is 11.0 Å². The Labute approximate surface area is 152 Å². The fourth-order valence-electron chi connectivity index (χ4n) is 2.32. The lowest BCUT2D eigenvalue weighted by molar-refractivity contribution is -0.166. The first kappa shape index (κ1) is 18.0. The molecule has 0 saturated carbocycles. The van der Waals surface area contributed by atoms with Gasteiger partial charge in [-0.2, -0.15) is 17.6 Å². The van der Waals surface area contributed by atoms with Crippen LogP contribution in [0.25, 0.3) is 10.8 Å². The third-order valence-electron chi connectivity index (χ3n) is 3.40. The van der Waals surface area contributed by atoms with Crippen molar-refractivity contribution in [2.24, 2.45) is 4.40 Å². The maximum atomic E-state index is 13.0. The number of hydrogen-bond donors (Lipinski definition) is 0. The highest BCUT2D eigenvalue weighted by molar-refractivity contribution is 8.78. The monoisotopic (exact) mass is 401 g/mol. The number of carbonyl (C=O) groups is 2. The second kappa shape index (κ2) is 6.86. The Bertz CT molecular complexity index is 949. The average molecular weight is 402 g/mol. The average Bonchev–Trinajstić information content (AvgIpc) is 2.99. The molecule has 0 aromatic heterocycles. The quantitative estimate of drug-likeness (QED) is 0.173. The summed E-state index contributed by atoms with van der Waals surface area (Å²) in [5.41, 5.74) is -1.01. The fourth-order valence-corrected chi connectivity index (χ4v) is 4.65. The van der Waals surface area contributed by atoms with Gasteiger partial charge in [0.05, 0.1) is 21.5 Å². The lowest BCUT2D eigenvalue weighted by Crippen LogP contribution is -2.29. The van der Waals surface area contributed by atoms with E-state index in [1.807, 2.05) is 0 Å². The Morgan fingerprint density at radius 1 is 1.04 bits per heavy atom. The van der Waals surface area contributed by atoms with Crippen LogP contribution >= 0.6 is 33.4 Å². The maximum Gasteiger partial charge on any atom is 0.455 e. The molecule has 0 spiro atoms. The van der Waals surface area contributed by atoms with Gasteiger partial charge in [-0.15, -0.1) is 0 Å². The van der Waals surface area contributed by atoms with Crippen molar-refractivity contribution in [3.8, 4) is 0 Å². The molecule has 128 valence electrons. The summed E-state index contributed by atoms with van der Waals surface area (Å²) in [7, 11) is 1.56. The molecule has 0 unspecified atom stereocenters. The van der Waals surface area contributed by atoms with E-state index in [9.17, 15) is 22.8 Å². The Morgan fingerprint density at radius 3 is 2.36 bits per heavy atom. The molecule has 0 saturated heterocycles. The topological polar surface area (TPSA) is 46.5 Å². The van der Waals surface area contributed by atoms with Crippen LogP contribution in [0.15, 0.2) is 57.3 Å². The largest absolute Gasteiger partial charge is 0.455 e. The molecule has 2 aromatic carbocycles. The Morgan fingerprint density at radius 2 is 1.72 bits per heavy atom. The molecule has 1 heterocycles. The van der Waals surface area contributed by atoms with Crippen LogP contribution in [0.2, 0.25) is 0 Å². The van der Waals surface area contributed by atoms with Crippen LogP contribution in [-0.4, -0.2) is 22.9 Å². The zero-order valence-corrected chi connectivity index (χ0v) is 14.5. The summed E-state index contributed by atoms with van der Waals surface area (Å²) in [6.45, 7) is 0. The van der Waals surface area contributed by atoms with Crippen LogP contribution in [-0.2, 0) is 4.79 Å². The molecule has 3 rings (SSSR count). The SMILES string of the molecule is O=C(/C(C(=O)C(F)(F)F)=C1/SSN=C1Cl)c1cccc2ccccc12. The molecule has 9 heteroatoms. The Kier molecular flexibility index (Phi) is 4.95. The molecule has 0 bridgehead atoms. The summed E-state index contributed by atoms with van der Waals surface area (Å²) in [5.74, 6) is -3.26. The lowest BCUT2D eigenvalue weighted by atomic mass is 9.94. The standard InChI is InChI=1S/C16H7ClF3NO2S2/c17-15-13(24-25-21-15)11(14(23)16(18,19)20)12(22)10-7-3-5-8-4-1-2-6-9(8)10/h1-7H/b13-11-. The number of alkyl halides is 3. The molecule has 0 radical (unpaired) electrons. The number of halogens is 4. The number of ketones is 2. The van der Waals surface area contributed by atoms with Crippen LogP contribution in [0.1, 0.15) is 10.4 Å². The van der Waals surface area contributed by atoms with E-state index in [1.165, 1.54) is 6.07 Å². The van der Waals surface area contributed by atoms with Gasteiger partial charge < -0.3 is 0 Å². The molecule has 3 nitrogen and oxygen atoms in total. The summed E-state index contributed by atoms with van der Waals surface area (Å²) in [4.78, 5) is 24.5. The summed E-state index contributed by atoms with van der Waals surface area (Å²) in [6.07, 6.45) is -5.20. The summed E-state index contributed by atoms with van der Waals surface area (Å²) >= 11 is 5.80. The minimum Gasteiger partial charge on any atom is -0.288 e. The minimum absolute atomic E-state index is 0.000154. The van der Waals surface area contributed by atoms with Gasteiger partial charge in [-0.25, -0.2) is 0 Å². The predicted molar refractivity (Wildman–Crippen MR) is 94.8 cm³/mol. The first-order chi connectivity index (χ1) is 11.8. The van der Waals surface area contributed by atoms with Gasteiger partial charge in [-0.05, 0) is 21.6 Å². The first-order valence-electron chi connectivity index (χ1n) is 6.76. The normalized spacial score (nSPS) is 16.7. The van der Waals surface area contributed by atoms with Gasteiger partial charge in [0.2, 0.25) is 0 Å². The third-order valence-corrected chi connectivity index (χ3v) is 5.73. The molecular weight excluding hydrogens is 395 g/mol. The van der Waals surface area contributed by atoms with Crippen molar-refractivity contribution in [2.45, 2.75) is 6.18 Å². The van der Waals surface area contributed by atoms with Crippen molar-refractivity contribution in [2.75, 3.05) is 0 Å². The third kappa shape index (κ3) is 3.47. The Hall–Kier alpha value is -1.77. The van der Waals surface area contributed by atoms with Crippen LogP contribution < -0.4 is 0 Å². The van der Waals surface area contributed by atoms with E-state index in [4.69, 9.17) is 11.6 Å². The van der Waals surface area contributed by atoms with E-state index in [2.05, 4.69) is 4.40 Å². The smallest absolute Gasteiger partial charge is 0.288 e. The summed E-state index contributed by atoms with van der Waals surface area (Å²) in [6, 6.07) is 11.4. The van der Waals surface area contributed by atoms with Gasteiger partial charge in [0.1, 0.15) is 0 Å². The van der Waals surface area contributed by atoms with E-state index in [1.54, 1.807) is 36.4 Å². The second-order valence-electron chi connectivity index (χ2n) is 4.93. The van der Waals surface area contributed by atoms with Crippen LogP contribution in [0.5, 0.6) is 0 Å². The number of fused-ring (bicyclic) bond motifs is 1. The molecule has 1 aliphatic heterocycles. The number of allylic oxidation sites excluding steroid dienone is 2. The fraction of sp³-hybridized carbons (Fsp3) is 0.0625.